The summed E-state index contributed by atoms with van der Waals surface area (Å²) in [6.07, 6.45) is 2.00. The monoisotopic (exact) mass is 221 g/mol. The van der Waals surface area contributed by atoms with Crippen LogP contribution < -0.4 is 5.32 Å². The van der Waals surface area contributed by atoms with Gasteiger partial charge in [0.05, 0.1) is 6.10 Å². The minimum atomic E-state index is -0.225. The zero-order valence-electron chi connectivity index (χ0n) is 10.3. The van der Waals surface area contributed by atoms with E-state index in [-0.39, 0.29) is 6.10 Å². The molecular weight excluding hydrogens is 198 g/mol. The number of aryl methyl sites for hydroxylation is 1. The van der Waals surface area contributed by atoms with Gasteiger partial charge in [0.1, 0.15) is 0 Å². The maximum atomic E-state index is 9.58. The highest BCUT2D eigenvalue weighted by molar-refractivity contribution is 5.14. The van der Waals surface area contributed by atoms with Crippen molar-refractivity contribution in [2.45, 2.75) is 32.8 Å². The van der Waals surface area contributed by atoms with Gasteiger partial charge in [0.15, 0.2) is 0 Å². The molecule has 1 aromatic carbocycles. The van der Waals surface area contributed by atoms with E-state index in [0.717, 1.165) is 19.4 Å². The predicted molar refractivity (Wildman–Crippen MR) is 68.5 cm³/mol. The fourth-order valence-corrected chi connectivity index (χ4v) is 1.55. The number of benzene rings is 1. The number of hydrogen-bond donors (Lipinski definition) is 2. The number of aliphatic hydroxyl groups is 1. The van der Waals surface area contributed by atoms with Gasteiger partial charge in [-0.1, -0.05) is 44.2 Å². The van der Waals surface area contributed by atoms with Crippen LogP contribution in [0.25, 0.3) is 0 Å². The van der Waals surface area contributed by atoms with Crippen molar-refractivity contribution in [1.29, 1.82) is 0 Å². The average Bonchev–Trinajstić information content (AvgIpc) is 2.29. The van der Waals surface area contributed by atoms with Gasteiger partial charge in [-0.05, 0) is 30.9 Å². The minimum absolute atomic E-state index is 0.225. The lowest BCUT2D eigenvalue weighted by molar-refractivity contribution is 0.124. The lowest BCUT2D eigenvalue weighted by Gasteiger charge is -2.14. The number of nitrogens with one attached hydrogen (secondary N) is 1. The van der Waals surface area contributed by atoms with Gasteiger partial charge in [-0.15, -0.1) is 0 Å². The van der Waals surface area contributed by atoms with Crippen LogP contribution in [0.1, 0.15) is 25.8 Å². The van der Waals surface area contributed by atoms with Gasteiger partial charge in [0.2, 0.25) is 0 Å². The van der Waals surface area contributed by atoms with Crippen LogP contribution in [0.15, 0.2) is 30.3 Å². The molecule has 0 saturated carbocycles. The molecule has 1 atom stereocenters. The molecule has 2 heteroatoms. The molecule has 16 heavy (non-hydrogen) atoms. The van der Waals surface area contributed by atoms with Crippen LogP contribution >= 0.6 is 0 Å². The fraction of sp³-hybridized carbons (Fsp3) is 0.571. The average molecular weight is 221 g/mol. The van der Waals surface area contributed by atoms with Crippen molar-refractivity contribution >= 4 is 0 Å². The third-order valence-electron chi connectivity index (χ3n) is 2.78. The number of aliphatic hydroxyl groups excluding tert-OH is 1. The van der Waals surface area contributed by atoms with Crippen LogP contribution in [0.4, 0.5) is 0 Å². The van der Waals surface area contributed by atoms with Gasteiger partial charge >= 0.3 is 0 Å². The molecule has 0 fully saturated rings. The number of rotatable bonds is 7. The maximum absolute atomic E-state index is 9.58. The molecule has 2 N–H and O–H groups in total. The van der Waals surface area contributed by atoms with E-state index < -0.39 is 0 Å². The molecule has 0 aliphatic carbocycles. The summed E-state index contributed by atoms with van der Waals surface area (Å²) in [6.45, 7) is 5.75. The highest BCUT2D eigenvalue weighted by Crippen LogP contribution is 2.02. The molecule has 0 bridgehead atoms. The first-order valence-corrected chi connectivity index (χ1v) is 6.13. The third kappa shape index (κ3) is 5.29. The highest BCUT2D eigenvalue weighted by atomic mass is 16.3. The van der Waals surface area contributed by atoms with Gasteiger partial charge < -0.3 is 10.4 Å². The zero-order chi connectivity index (χ0) is 11.8. The summed E-state index contributed by atoms with van der Waals surface area (Å²) in [7, 11) is 0. The summed E-state index contributed by atoms with van der Waals surface area (Å²) < 4.78 is 0. The summed E-state index contributed by atoms with van der Waals surface area (Å²) in [4.78, 5) is 0. The van der Waals surface area contributed by atoms with Crippen molar-refractivity contribution < 1.29 is 5.11 Å². The predicted octanol–water partition coefficient (Wildman–Crippen LogP) is 2.23. The van der Waals surface area contributed by atoms with Crippen LogP contribution in [-0.2, 0) is 6.42 Å². The van der Waals surface area contributed by atoms with Crippen molar-refractivity contribution in [2.75, 3.05) is 13.1 Å². The SMILES string of the molecule is CC(C)C(O)CNCCCc1ccccc1. The minimum Gasteiger partial charge on any atom is -0.392 e. The zero-order valence-corrected chi connectivity index (χ0v) is 10.3. The third-order valence-corrected chi connectivity index (χ3v) is 2.78. The van der Waals surface area contributed by atoms with Crippen LogP contribution in [0.5, 0.6) is 0 Å². The van der Waals surface area contributed by atoms with Crippen molar-refractivity contribution in [2.24, 2.45) is 5.92 Å². The van der Waals surface area contributed by atoms with Crippen LogP contribution in [-0.4, -0.2) is 24.3 Å². The lowest BCUT2D eigenvalue weighted by atomic mass is 10.1. The van der Waals surface area contributed by atoms with Crippen LogP contribution in [0, 0.1) is 5.92 Å². The second-order valence-electron chi connectivity index (χ2n) is 4.60. The molecule has 0 aromatic heterocycles. The second-order valence-corrected chi connectivity index (χ2v) is 4.60. The summed E-state index contributed by atoms with van der Waals surface area (Å²) in [5.41, 5.74) is 1.38. The Morgan fingerprint density at radius 2 is 1.88 bits per heavy atom. The van der Waals surface area contributed by atoms with Gasteiger partial charge in [0, 0.05) is 6.54 Å². The largest absolute Gasteiger partial charge is 0.392 e. The van der Waals surface area contributed by atoms with Crippen molar-refractivity contribution in [3.8, 4) is 0 Å². The Labute approximate surface area is 98.7 Å². The van der Waals surface area contributed by atoms with E-state index in [1.807, 2.05) is 19.9 Å². The van der Waals surface area contributed by atoms with Gasteiger partial charge in [-0.3, -0.25) is 0 Å². The standard InChI is InChI=1S/C14H23NO/c1-12(2)14(16)11-15-10-6-9-13-7-4-3-5-8-13/h3-5,7-8,12,14-16H,6,9-11H2,1-2H3. The maximum Gasteiger partial charge on any atom is 0.0687 e. The summed E-state index contributed by atoms with van der Waals surface area (Å²) in [5.74, 6) is 0.335. The van der Waals surface area contributed by atoms with Crippen LogP contribution in [0.3, 0.4) is 0 Å². The Hall–Kier alpha value is -0.860. The molecule has 0 aliphatic heterocycles. The Morgan fingerprint density at radius 3 is 2.50 bits per heavy atom. The van der Waals surface area contributed by atoms with Gasteiger partial charge in [0.25, 0.3) is 0 Å². The summed E-state index contributed by atoms with van der Waals surface area (Å²) in [5, 5.41) is 12.9. The smallest absolute Gasteiger partial charge is 0.0687 e. The van der Waals surface area contributed by atoms with Gasteiger partial charge in [-0.25, -0.2) is 0 Å². The molecule has 0 spiro atoms. The van der Waals surface area contributed by atoms with E-state index in [1.54, 1.807) is 0 Å². The molecule has 0 aliphatic rings. The number of hydrogen-bond acceptors (Lipinski definition) is 2. The molecule has 2 nitrogen and oxygen atoms in total. The van der Waals surface area contributed by atoms with E-state index in [9.17, 15) is 5.11 Å². The molecule has 0 heterocycles. The summed E-state index contributed by atoms with van der Waals surface area (Å²) >= 11 is 0. The Balaban J connectivity index is 2.04. The molecular formula is C14H23NO. The van der Waals surface area contributed by atoms with E-state index in [0.29, 0.717) is 12.5 Å². The Kier molecular flexibility index (Phi) is 6.12. The topological polar surface area (TPSA) is 32.3 Å². The molecule has 90 valence electrons. The highest BCUT2D eigenvalue weighted by Gasteiger charge is 2.07. The van der Waals surface area contributed by atoms with Crippen molar-refractivity contribution in [3.63, 3.8) is 0 Å². The van der Waals surface area contributed by atoms with Crippen molar-refractivity contribution in [3.05, 3.63) is 35.9 Å². The van der Waals surface area contributed by atoms with Crippen LogP contribution in [0.2, 0.25) is 0 Å². The first-order chi connectivity index (χ1) is 7.70. The van der Waals surface area contributed by atoms with Crippen molar-refractivity contribution in [1.82, 2.24) is 5.32 Å². The molecule has 1 aromatic rings. The quantitative estimate of drug-likeness (QED) is 0.692. The first kappa shape index (κ1) is 13.2. The molecule has 1 rings (SSSR count). The van der Waals surface area contributed by atoms with E-state index in [4.69, 9.17) is 0 Å². The van der Waals surface area contributed by atoms with E-state index in [1.165, 1.54) is 5.56 Å². The molecule has 0 amide bonds. The lowest BCUT2D eigenvalue weighted by Crippen LogP contribution is -2.31. The Bertz CT molecular complexity index is 271. The fourth-order valence-electron chi connectivity index (χ4n) is 1.55. The van der Waals surface area contributed by atoms with Gasteiger partial charge in [-0.2, -0.15) is 0 Å². The molecule has 1 unspecified atom stereocenters. The Morgan fingerprint density at radius 1 is 1.19 bits per heavy atom. The summed E-state index contributed by atoms with van der Waals surface area (Å²) in [6, 6.07) is 10.5. The molecule has 0 radical (unpaired) electrons. The van der Waals surface area contributed by atoms with E-state index in [2.05, 4.69) is 29.6 Å². The normalized spacial score (nSPS) is 13.0. The second kappa shape index (κ2) is 7.42. The molecule has 0 saturated heterocycles. The first-order valence-electron chi connectivity index (χ1n) is 6.13. The van der Waals surface area contributed by atoms with E-state index >= 15 is 0 Å².